The molecule has 0 amide bonds. The number of aliphatic hydroxyl groups is 2. The number of allylic oxidation sites excluding steroid dienone is 6. The third kappa shape index (κ3) is 4.39. The number of ketones is 2. The van der Waals surface area contributed by atoms with E-state index in [1.165, 1.54) is 11.1 Å². The number of benzene rings is 2. The van der Waals surface area contributed by atoms with E-state index in [1.807, 2.05) is 64.1 Å². The zero-order valence-corrected chi connectivity index (χ0v) is 21.9. The topological polar surface area (TPSA) is 106 Å². The normalized spacial score (nSPS) is 14.1. The van der Waals surface area contributed by atoms with E-state index in [0.717, 1.165) is 22.2 Å². The van der Waals surface area contributed by atoms with E-state index in [9.17, 15) is 19.8 Å². The van der Waals surface area contributed by atoms with Gasteiger partial charge in [0.15, 0.2) is 11.5 Å². The number of aliphatic hydroxyl groups excluding tert-OH is 2. The quantitative estimate of drug-likeness (QED) is 0.166. The van der Waals surface area contributed by atoms with Crippen molar-refractivity contribution in [1.29, 1.82) is 0 Å². The van der Waals surface area contributed by atoms with Gasteiger partial charge in [-0.15, -0.1) is 0 Å². The monoisotopic (exact) mass is 506 g/mol. The van der Waals surface area contributed by atoms with Crippen molar-refractivity contribution in [3.8, 4) is 0 Å². The van der Waals surface area contributed by atoms with Gasteiger partial charge in [0.25, 0.3) is 0 Å². The third-order valence-corrected chi connectivity index (χ3v) is 6.88. The van der Waals surface area contributed by atoms with Crippen LogP contribution in [-0.4, -0.2) is 31.7 Å². The minimum absolute atomic E-state index is 0.203. The standard InChI is InChI=1S/C32H30N2O4/c1-17(2)5-7-19-9-11-25-21(13-19)23(15-33-25)27-29(35)31(37)28(32(38)30(27)36)24-16-34-26-12-10-20(14-22(24)26)8-6-18(3)4/h5-6,9-16,33-35,38H,7-8H2,1-4H3. The first-order valence-electron chi connectivity index (χ1n) is 12.6. The second kappa shape index (κ2) is 9.71. The molecule has 1 aliphatic carbocycles. The average molecular weight is 507 g/mol. The van der Waals surface area contributed by atoms with Crippen LogP contribution in [0.5, 0.6) is 0 Å². The Labute approximate surface area is 220 Å². The fourth-order valence-electron chi connectivity index (χ4n) is 4.83. The minimum atomic E-state index is -0.789. The highest BCUT2D eigenvalue weighted by Crippen LogP contribution is 2.39. The molecule has 0 aliphatic heterocycles. The van der Waals surface area contributed by atoms with Gasteiger partial charge in [-0.1, -0.05) is 35.4 Å². The molecule has 2 aromatic heterocycles. The van der Waals surface area contributed by atoms with E-state index < -0.39 is 23.1 Å². The summed E-state index contributed by atoms with van der Waals surface area (Å²) in [6.45, 7) is 8.11. The zero-order chi connectivity index (χ0) is 27.1. The van der Waals surface area contributed by atoms with Crippen molar-refractivity contribution in [1.82, 2.24) is 9.97 Å². The second-order valence-electron chi connectivity index (χ2n) is 10.2. The van der Waals surface area contributed by atoms with Crippen LogP contribution in [0.3, 0.4) is 0 Å². The van der Waals surface area contributed by atoms with Crippen LogP contribution in [0.4, 0.5) is 0 Å². The summed E-state index contributed by atoms with van der Waals surface area (Å²) in [6, 6.07) is 11.6. The Balaban J connectivity index is 1.59. The number of Topliss-reactive ketones (excluding diaryl/α,β-unsaturated/α-hetero) is 2. The molecular weight excluding hydrogens is 476 g/mol. The van der Waals surface area contributed by atoms with Gasteiger partial charge >= 0.3 is 0 Å². The third-order valence-electron chi connectivity index (χ3n) is 6.88. The number of hydrogen-bond donors (Lipinski definition) is 4. The van der Waals surface area contributed by atoms with Gasteiger partial charge in [0, 0.05) is 45.3 Å². The lowest BCUT2D eigenvalue weighted by atomic mass is 9.85. The highest BCUT2D eigenvalue weighted by molar-refractivity contribution is 6.48. The molecule has 38 heavy (non-hydrogen) atoms. The lowest BCUT2D eigenvalue weighted by molar-refractivity contribution is -0.116. The Bertz CT molecular complexity index is 1620. The van der Waals surface area contributed by atoms with Gasteiger partial charge < -0.3 is 20.2 Å². The van der Waals surface area contributed by atoms with Crippen LogP contribution in [0.25, 0.3) is 33.0 Å². The molecule has 5 rings (SSSR count). The van der Waals surface area contributed by atoms with Crippen LogP contribution in [0.1, 0.15) is 49.9 Å². The molecule has 0 atom stereocenters. The van der Waals surface area contributed by atoms with Crippen molar-refractivity contribution < 1.29 is 19.8 Å². The second-order valence-corrected chi connectivity index (χ2v) is 10.2. The number of carbonyl (C=O) groups excluding carboxylic acids is 2. The van der Waals surface area contributed by atoms with E-state index in [-0.39, 0.29) is 11.1 Å². The fraction of sp³-hybridized carbons (Fsp3) is 0.188. The van der Waals surface area contributed by atoms with E-state index >= 15 is 0 Å². The van der Waals surface area contributed by atoms with E-state index in [4.69, 9.17) is 0 Å². The molecule has 2 aromatic carbocycles. The van der Waals surface area contributed by atoms with Crippen LogP contribution in [0, 0.1) is 0 Å². The zero-order valence-electron chi connectivity index (χ0n) is 21.9. The summed E-state index contributed by atoms with van der Waals surface area (Å²) in [4.78, 5) is 33.2. The van der Waals surface area contributed by atoms with Gasteiger partial charge in [-0.05, 0) is 75.9 Å². The summed E-state index contributed by atoms with van der Waals surface area (Å²) in [5.41, 5.74) is 6.31. The molecule has 0 fully saturated rings. The molecule has 4 N–H and O–H groups in total. The molecule has 6 heteroatoms. The van der Waals surface area contributed by atoms with E-state index in [0.29, 0.717) is 34.7 Å². The maximum absolute atomic E-state index is 13.5. The summed E-state index contributed by atoms with van der Waals surface area (Å²) in [5, 5.41) is 23.5. The van der Waals surface area contributed by atoms with Crippen LogP contribution in [0.15, 0.2) is 83.6 Å². The summed E-state index contributed by atoms with van der Waals surface area (Å²) in [7, 11) is 0. The summed E-state index contributed by atoms with van der Waals surface area (Å²) < 4.78 is 0. The van der Waals surface area contributed by atoms with Gasteiger partial charge in [0.2, 0.25) is 11.6 Å². The van der Waals surface area contributed by atoms with Crippen molar-refractivity contribution in [2.24, 2.45) is 0 Å². The number of fused-ring (bicyclic) bond motifs is 2. The first kappa shape index (κ1) is 25.1. The van der Waals surface area contributed by atoms with E-state index in [1.54, 1.807) is 12.4 Å². The number of nitrogens with one attached hydrogen (secondary N) is 2. The molecule has 0 bridgehead atoms. The first-order chi connectivity index (χ1) is 18.2. The van der Waals surface area contributed by atoms with Gasteiger partial charge in [0.1, 0.15) is 0 Å². The van der Waals surface area contributed by atoms with Crippen molar-refractivity contribution in [2.75, 3.05) is 0 Å². The predicted octanol–water partition coefficient (Wildman–Crippen LogP) is 7.06. The molecule has 0 saturated heterocycles. The Kier molecular flexibility index (Phi) is 6.41. The number of aromatic nitrogens is 2. The molecule has 0 unspecified atom stereocenters. The lowest BCUT2D eigenvalue weighted by Gasteiger charge is -2.18. The maximum Gasteiger partial charge on any atom is 0.232 e. The first-order valence-corrected chi connectivity index (χ1v) is 12.6. The molecule has 0 spiro atoms. The SMILES string of the molecule is CC(C)=CCc1ccc2[nH]cc(C3=C(O)C(=O)C(c4c[nH]c5ccc(CC=C(C)C)cc45)=C(O)C3=O)c2c1. The highest BCUT2D eigenvalue weighted by Gasteiger charge is 2.38. The number of rotatable bonds is 6. The Morgan fingerprint density at radius 3 is 1.45 bits per heavy atom. The Morgan fingerprint density at radius 2 is 1.08 bits per heavy atom. The van der Waals surface area contributed by atoms with Crippen molar-refractivity contribution in [3.63, 3.8) is 0 Å². The number of hydrogen-bond acceptors (Lipinski definition) is 4. The van der Waals surface area contributed by atoms with Crippen molar-refractivity contribution in [2.45, 2.75) is 40.5 Å². The molecule has 4 aromatic rings. The highest BCUT2D eigenvalue weighted by atomic mass is 16.3. The minimum Gasteiger partial charge on any atom is -0.504 e. The number of aromatic amines is 2. The summed E-state index contributed by atoms with van der Waals surface area (Å²) >= 11 is 0. The van der Waals surface area contributed by atoms with Crippen LogP contribution >= 0.6 is 0 Å². The molecule has 192 valence electrons. The Hall–Kier alpha value is -4.58. The van der Waals surface area contributed by atoms with Crippen molar-refractivity contribution in [3.05, 3.63) is 106 Å². The van der Waals surface area contributed by atoms with Gasteiger partial charge in [-0.3, -0.25) is 9.59 Å². The van der Waals surface area contributed by atoms with Crippen LogP contribution in [0.2, 0.25) is 0 Å². The molecule has 6 nitrogen and oxygen atoms in total. The molecule has 2 heterocycles. The van der Waals surface area contributed by atoms with Gasteiger partial charge in [-0.2, -0.15) is 0 Å². The molecule has 0 radical (unpaired) electrons. The fourth-order valence-corrected chi connectivity index (χ4v) is 4.83. The van der Waals surface area contributed by atoms with Crippen molar-refractivity contribution >= 4 is 44.5 Å². The number of carbonyl (C=O) groups is 2. The Morgan fingerprint density at radius 1 is 0.684 bits per heavy atom. The number of H-pyrrole nitrogens is 2. The largest absolute Gasteiger partial charge is 0.504 e. The molecule has 0 saturated carbocycles. The maximum atomic E-state index is 13.5. The average Bonchev–Trinajstić information content (AvgIpc) is 3.49. The van der Waals surface area contributed by atoms with Gasteiger partial charge in [0.05, 0.1) is 11.1 Å². The summed E-state index contributed by atoms with van der Waals surface area (Å²) in [6.07, 6.45) is 8.81. The molecule has 1 aliphatic rings. The summed E-state index contributed by atoms with van der Waals surface area (Å²) in [5.74, 6) is -2.92. The van der Waals surface area contributed by atoms with Gasteiger partial charge in [-0.25, -0.2) is 0 Å². The van der Waals surface area contributed by atoms with Crippen LogP contribution < -0.4 is 0 Å². The van der Waals surface area contributed by atoms with E-state index in [2.05, 4.69) is 22.1 Å². The smallest absolute Gasteiger partial charge is 0.232 e. The van der Waals surface area contributed by atoms with Crippen LogP contribution in [-0.2, 0) is 22.4 Å². The lowest BCUT2D eigenvalue weighted by Crippen LogP contribution is -2.22. The molecular formula is C32H30N2O4. The predicted molar refractivity (Wildman–Crippen MR) is 152 cm³/mol.